The summed E-state index contributed by atoms with van der Waals surface area (Å²) >= 11 is 5.91. The molecule has 1 saturated heterocycles. The largest absolute Gasteiger partial charge is 0.350 e. The van der Waals surface area contributed by atoms with E-state index in [9.17, 15) is 14.4 Å². The normalized spacial score (nSPS) is 20.4. The summed E-state index contributed by atoms with van der Waals surface area (Å²) in [4.78, 5) is 39.6. The van der Waals surface area contributed by atoms with Crippen LogP contribution >= 0.6 is 11.6 Å². The molecule has 8 heteroatoms. The lowest BCUT2D eigenvalue weighted by Crippen LogP contribution is -2.56. The summed E-state index contributed by atoms with van der Waals surface area (Å²) in [7, 11) is 0. The van der Waals surface area contributed by atoms with Gasteiger partial charge in [-0.3, -0.25) is 9.59 Å². The van der Waals surface area contributed by atoms with Gasteiger partial charge in [-0.05, 0) is 36.1 Å². The first kappa shape index (κ1) is 21.1. The van der Waals surface area contributed by atoms with Crippen molar-refractivity contribution in [1.82, 2.24) is 9.91 Å². The number of fused-ring (bicyclic) bond motifs is 1. The molecule has 2 N–H and O–H groups in total. The number of halogens is 1. The average Bonchev–Trinajstić information content (AvgIpc) is 3.05. The molecule has 7 nitrogen and oxygen atoms in total. The van der Waals surface area contributed by atoms with Gasteiger partial charge in [-0.1, -0.05) is 54.1 Å². The van der Waals surface area contributed by atoms with Gasteiger partial charge in [-0.15, -0.1) is 5.01 Å². The summed E-state index contributed by atoms with van der Waals surface area (Å²) in [5.41, 5.74) is 6.78. The standard InChI is InChI=1S/C23H22ClN4O3/c24-18-9-6-16(7-10-18)8-11-20(29)27-13-12-19-23(15-27,14-17-4-2-1-3-5-17)21(30)28(26-19)22(25)31/h1-7,9-11H,8,12-15H2,(H2,25,31). The van der Waals surface area contributed by atoms with Crippen molar-refractivity contribution in [2.24, 2.45) is 16.3 Å². The van der Waals surface area contributed by atoms with Crippen LogP contribution in [0, 0.1) is 11.8 Å². The van der Waals surface area contributed by atoms with Gasteiger partial charge in [0.25, 0.3) is 5.91 Å². The lowest BCUT2D eigenvalue weighted by atomic mass is 9.73. The molecular formula is C23H22ClN4O3. The maximum atomic E-state index is 13.2. The number of rotatable bonds is 5. The molecule has 2 aliphatic rings. The number of urea groups is 1. The maximum Gasteiger partial charge on any atom is 0.342 e. The Balaban J connectivity index is 1.54. The van der Waals surface area contributed by atoms with Gasteiger partial charge < -0.3 is 10.6 Å². The zero-order valence-corrected chi connectivity index (χ0v) is 17.6. The number of imide groups is 1. The fourth-order valence-electron chi connectivity index (χ4n) is 4.15. The molecular weight excluding hydrogens is 416 g/mol. The molecule has 2 aromatic rings. The van der Waals surface area contributed by atoms with Gasteiger partial charge >= 0.3 is 6.03 Å². The minimum atomic E-state index is -1.08. The van der Waals surface area contributed by atoms with Crippen molar-refractivity contribution in [3.05, 3.63) is 77.2 Å². The number of nitrogens with two attached hydrogens (primary N) is 1. The van der Waals surface area contributed by atoms with Gasteiger partial charge in [-0.2, -0.15) is 5.10 Å². The highest BCUT2D eigenvalue weighted by molar-refractivity contribution is 6.30. The van der Waals surface area contributed by atoms with E-state index in [0.717, 1.165) is 16.1 Å². The molecule has 2 aromatic carbocycles. The number of carbonyl (C=O) groups excluding carboxylic acids is 3. The number of likely N-dealkylation sites (tertiary alicyclic amines) is 1. The fourth-order valence-corrected chi connectivity index (χ4v) is 4.28. The van der Waals surface area contributed by atoms with Crippen molar-refractivity contribution in [3.8, 4) is 0 Å². The number of hydrogen-bond acceptors (Lipinski definition) is 4. The van der Waals surface area contributed by atoms with E-state index in [4.69, 9.17) is 17.3 Å². The maximum absolute atomic E-state index is 13.2. The van der Waals surface area contributed by atoms with E-state index in [1.54, 1.807) is 23.5 Å². The molecule has 2 heterocycles. The third kappa shape index (κ3) is 4.18. The molecule has 1 unspecified atom stereocenters. The smallest absolute Gasteiger partial charge is 0.342 e. The van der Waals surface area contributed by atoms with E-state index < -0.39 is 17.4 Å². The zero-order valence-electron chi connectivity index (χ0n) is 16.8. The number of piperidine rings is 1. The number of nitrogens with zero attached hydrogens (tertiary/aromatic N) is 3. The van der Waals surface area contributed by atoms with Gasteiger partial charge in [0.05, 0.1) is 12.1 Å². The molecule has 1 fully saturated rings. The van der Waals surface area contributed by atoms with Crippen LogP contribution in [-0.4, -0.2) is 46.6 Å². The van der Waals surface area contributed by atoms with Crippen LogP contribution in [0.4, 0.5) is 4.79 Å². The molecule has 31 heavy (non-hydrogen) atoms. The Morgan fingerprint density at radius 2 is 1.81 bits per heavy atom. The first-order valence-electron chi connectivity index (χ1n) is 10.0. The molecule has 4 rings (SSSR count). The lowest BCUT2D eigenvalue weighted by molar-refractivity contribution is -0.137. The topological polar surface area (TPSA) is 96.1 Å². The molecule has 4 amide bonds. The minimum absolute atomic E-state index is 0.152. The highest BCUT2D eigenvalue weighted by atomic mass is 35.5. The molecule has 0 spiro atoms. The highest BCUT2D eigenvalue weighted by Gasteiger charge is 2.55. The Bertz CT molecular complexity index is 1040. The number of amides is 4. The average molecular weight is 438 g/mol. The summed E-state index contributed by atoms with van der Waals surface area (Å²) in [6.07, 6.45) is 2.81. The van der Waals surface area contributed by atoms with Gasteiger partial charge in [-0.25, -0.2) is 4.79 Å². The summed E-state index contributed by atoms with van der Waals surface area (Å²) < 4.78 is 0. The lowest BCUT2D eigenvalue weighted by Gasteiger charge is -2.39. The van der Waals surface area contributed by atoms with Crippen LogP contribution in [0.2, 0.25) is 5.02 Å². The summed E-state index contributed by atoms with van der Waals surface area (Å²) in [5, 5.41) is 5.60. The van der Waals surface area contributed by atoms with E-state index in [1.165, 1.54) is 0 Å². The van der Waals surface area contributed by atoms with Gasteiger partial charge in [0.1, 0.15) is 5.41 Å². The Morgan fingerprint density at radius 3 is 2.48 bits per heavy atom. The van der Waals surface area contributed by atoms with Crippen molar-refractivity contribution in [3.63, 3.8) is 0 Å². The van der Waals surface area contributed by atoms with Crippen LogP contribution < -0.4 is 5.73 Å². The van der Waals surface area contributed by atoms with Crippen LogP contribution in [0.5, 0.6) is 0 Å². The van der Waals surface area contributed by atoms with Crippen molar-refractivity contribution in [2.45, 2.75) is 19.3 Å². The monoisotopic (exact) mass is 437 g/mol. The zero-order chi connectivity index (χ0) is 22.0. The van der Waals surface area contributed by atoms with E-state index in [0.29, 0.717) is 36.5 Å². The summed E-state index contributed by atoms with van der Waals surface area (Å²) in [6.45, 7) is 0.574. The molecule has 2 aliphatic heterocycles. The second kappa shape index (κ2) is 8.51. The van der Waals surface area contributed by atoms with E-state index in [1.807, 2.05) is 42.5 Å². The Hall–Kier alpha value is -3.19. The van der Waals surface area contributed by atoms with Crippen LogP contribution in [0.25, 0.3) is 0 Å². The quantitative estimate of drug-likeness (QED) is 0.778. The van der Waals surface area contributed by atoms with Crippen molar-refractivity contribution in [2.75, 3.05) is 13.1 Å². The summed E-state index contributed by atoms with van der Waals surface area (Å²) in [6, 6.07) is 15.9. The van der Waals surface area contributed by atoms with Crippen molar-refractivity contribution in [1.29, 1.82) is 0 Å². The van der Waals surface area contributed by atoms with Crippen molar-refractivity contribution < 1.29 is 14.4 Å². The molecule has 0 bridgehead atoms. The first-order chi connectivity index (χ1) is 14.9. The predicted octanol–water partition coefficient (Wildman–Crippen LogP) is 2.83. The molecule has 0 aliphatic carbocycles. The summed E-state index contributed by atoms with van der Waals surface area (Å²) in [5.74, 6) is -0.638. The van der Waals surface area contributed by atoms with Gasteiger partial charge in [0.15, 0.2) is 0 Å². The van der Waals surface area contributed by atoms with E-state index in [2.05, 4.69) is 5.10 Å². The van der Waals surface area contributed by atoms with E-state index >= 15 is 0 Å². The van der Waals surface area contributed by atoms with Crippen LogP contribution in [0.1, 0.15) is 17.5 Å². The number of hydrogen-bond donors (Lipinski definition) is 1. The Morgan fingerprint density at radius 1 is 1.10 bits per heavy atom. The second-order valence-electron chi connectivity index (χ2n) is 7.79. The minimum Gasteiger partial charge on any atom is -0.350 e. The number of benzene rings is 2. The van der Waals surface area contributed by atoms with Gasteiger partial charge in [0, 0.05) is 24.5 Å². The number of primary amides is 1. The van der Waals surface area contributed by atoms with Gasteiger partial charge in [0.2, 0.25) is 5.91 Å². The van der Waals surface area contributed by atoms with Crippen LogP contribution in [0.3, 0.4) is 0 Å². The number of hydrazone groups is 1. The highest BCUT2D eigenvalue weighted by Crippen LogP contribution is 2.38. The second-order valence-corrected chi connectivity index (χ2v) is 8.23. The molecule has 0 aromatic heterocycles. The SMILES string of the molecule is NC(=O)N1N=C2CCN(C(=O)[CH]Cc3ccc(Cl)cc3)CC2(Cc2ccccc2)C1=O. The molecule has 0 saturated carbocycles. The number of carbonyl (C=O) groups is 3. The molecule has 1 radical (unpaired) electrons. The van der Waals surface area contributed by atoms with Crippen LogP contribution in [0.15, 0.2) is 59.7 Å². The van der Waals surface area contributed by atoms with Crippen molar-refractivity contribution >= 4 is 35.2 Å². The first-order valence-corrected chi connectivity index (χ1v) is 10.4. The molecule has 1 atom stereocenters. The predicted molar refractivity (Wildman–Crippen MR) is 117 cm³/mol. The molecule has 159 valence electrons. The Kier molecular flexibility index (Phi) is 5.78. The van der Waals surface area contributed by atoms with Crippen LogP contribution in [-0.2, 0) is 22.4 Å². The van der Waals surface area contributed by atoms with E-state index in [-0.39, 0.29) is 12.5 Å². The third-order valence-electron chi connectivity index (χ3n) is 5.75. The third-order valence-corrected chi connectivity index (χ3v) is 6.00. The Labute approximate surface area is 185 Å². The fraction of sp³-hybridized carbons (Fsp3) is 0.261.